The number of amides is 1. The minimum atomic E-state index is -0.0839. The molecule has 6 heteroatoms. The van der Waals surface area contributed by atoms with Gasteiger partial charge in [0.2, 0.25) is 0 Å². The first-order valence-electron chi connectivity index (χ1n) is 9.15. The van der Waals surface area contributed by atoms with Crippen molar-refractivity contribution in [2.75, 3.05) is 0 Å². The van der Waals surface area contributed by atoms with Gasteiger partial charge in [-0.05, 0) is 49.6 Å². The molecule has 2 aromatic heterocycles. The van der Waals surface area contributed by atoms with Crippen molar-refractivity contribution in [1.29, 1.82) is 0 Å². The van der Waals surface area contributed by atoms with Crippen LogP contribution in [0.3, 0.4) is 0 Å². The number of carbonyl (C=O) groups is 1. The fourth-order valence-electron chi connectivity index (χ4n) is 3.11. The Kier molecular flexibility index (Phi) is 5.21. The van der Waals surface area contributed by atoms with Gasteiger partial charge in [-0.2, -0.15) is 5.10 Å². The smallest absolute Gasteiger partial charge is 0.256 e. The van der Waals surface area contributed by atoms with E-state index in [1.807, 2.05) is 61.1 Å². The first kappa shape index (κ1) is 18.4. The normalized spacial score (nSPS) is 14.2. The molecule has 1 aliphatic rings. The van der Waals surface area contributed by atoms with Crippen molar-refractivity contribution >= 4 is 22.6 Å². The third kappa shape index (κ3) is 3.82. The summed E-state index contributed by atoms with van der Waals surface area (Å²) < 4.78 is 7.31. The Labute approximate surface area is 168 Å². The molecule has 0 saturated carbocycles. The average Bonchev–Trinajstić information content (AvgIpc) is 3.28. The van der Waals surface area contributed by atoms with E-state index in [0.29, 0.717) is 5.56 Å². The van der Waals surface area contributed by atoms with Crippen LogP contribution in [0.15, 0.2) is 70.3 Å². The van der Waals surface area contributed by atoms with Crippen LogP contribution in [0.4, 0.5) is 0 Å². The van der Waals surface area contributed by atoms with Gasteiger partial charge in [-0.1, -0.05) is 42.1 Å². The molecule has 0 radical (unpaired) electrons. The number of furan rings is 1. The molecule has 142 valence electrons. The zero-order valence-electron chi connectivity index (χ0n) is 15.8. The fraction of sp³-hybridized carbons (Fsp3) is 0.182. The van der Waals surface area contributed by atoms with Crippen molar-refractivity contribution in [2.45, 2.75) is 19.8 Å². The van der Waals surface area contributed by atoms with Gasteiger partial charge in [0.25, 0.3) is 5.91 Å². The molecule has 0 unspecified atom stereocenters. The molecule has 4 rings (SSSR count). The highest BCUT2D eigenvalue weighted by molar-refractivity contribution is 8.11. The van der Waals surface area contributed by atoms with E-state index in [9.17, 15) is 4.79 Å². The fourth-order valence-corrected chi connectivity index (χ4v) is 4.19. The number of benzene rings is 1. The lowest BCUT2D eigenvalue weighted by Gasteiger charge is -2.12. The van der Waals surface area contributed by atoms with E-state index in [0.717, 1.165) is 45.5 Å². The van der Waals surface area contributed by atoms with Gasteiger partial charge in [-0.3, -0.25) is 9.48 Å². The van der Waals surface area contributed by atoms with Crippen molar-refractivity contribution in [1.82, 2.24) is 15.1 Å². The first-order chi connectivity index (χ1) is 13.6. The molecule has 1 N–H and O–H groups in total. The van der Waals surface area contributed by atoms with Crippen LogP contribution >= 0.6 is 11.8 Å². The van der Waals surface area contributed by atoms with Crippen molar-refractivity contribution in [3.8, 4) is 11.5 Å². The van der Waals surface area contributed by atoms with E-state index in [2.05, 4.69) is 22.6 Å². The molecule has 3 aromatic rings. The molecule has 0 bridgehead atoms. The molecular formula is C22H21N3O2S. The summed E-state index contributed by atoms with van der Waals surface area (Å²) in [5.74, 6) is 0.657. The summed E-state index contributed by atoms with van der Waals surface area (Å²) in [7, 11) is 1.92. The maximum Gasteiger partial charge on any atom is 0.256 e. The zero-order valence-corrected chi connectivity index (χ0v) is 16.6. The number of thioether (sulfide) groups is 1. The highest BCUT2D eigenvalue weighted by Gasteiger charge is 2.18. The van der Waals surface area contributed by atoms with Gasteiger partial charge in [0.15, 0.2) is 5.76 Å². The zero-order chi connectivity index (χ0) is 19.5. The predicted octanol–water partition coefficient (Wildman–Crippen LogP) is 5.13. The molecular weight excluding hydrogens is 370 g/mol. The number of hydrogen-bond acceptors (Lipinski definition) is 4. The SMILES string of the molecule is Cc1ccccc1C(=O)NC1=CCCC=C(c2cc(-c3ccco3)nn2C)S1. The van der Waals surface area contributed by atoms with Crippen LogP contribution in [0.25, 0.3) is 16.4 Å². The Morgan fingerprint density at radius 3 is 2.79 bits per heavy atom. The molecule has 0 saturated heterocycles. The number of carbonyl (C=O) groups excluding carboxylic acids is 1. The van der Waals surface area contributed by atoms with Crippen molar-refractivity contribution in [3.63, 3.8) is 0 Å². The van der Waals surface area contributed by atoms with E-state index < -0.39 is 0 Å². The summed E-state index contributed by atoms with van der Waals surface area (Å²) in [6.45, 7) is 1.95. The van der Waals surface area contributed by atoms with Gasteiger partial charge in [0.1, 0.15) is 5.69 Å². The van der Waals surface area contributed by atoms with Crippen molar-refractivity contribution in [3.05, 3.63) is 82.7 Å². The van der Waals surface area contributed by atoms with E-state index in [1.54, 1.807) is 18.0 Å². The Morgan fingerprint density at radius 2 is 2.00 bits per heavy atom. The summed E-state index contributed by atoms with van der Waals surface area (Å²) in [6.07, 6.45) is 7.70. The average molecular weight is 391 g/mol. The minimum Gasteiger partial charge on any atom is -0.463 e. The van der Waals surface area contributed by atoms with Crippen LogP contribution in [0.1, 0.15) is 34.5 Å². The quantitative estimate of drug-likeness (QED) is 0.670. The third-order valence-corrected chi connectivity index (χ3v) is 5.66. The largest absolute Gasteiger partial charge is 0.463 e. The van der Waals surface area contributed by atoms with Gasteiger partial charge < -0.3 is 9.73 Å². The molecule has 5 nitrogen and oxygen atoms in total. The molecule has 1 amide bonds. The van der Waals surface area contributed by atoms with Gasteiger partial charge in [0, 0.05) is 17.5 Å². The van der Waals surface area contributed by atoms with Crippen LogP contribution in [0.2, 0.25) is 0 Å². The molecule has 28 heavy (non-hydrogen) atoms. The van der Waals surface area contributed by atoms with E-state index in [4.69, 9.17) is 4.42 Å². The van der Waals surface area contributed by atoms with Crippen LogP contribution in [0.5, 0.6) is 0 Å². The first-order valence-corrected chi connectivity index (χ1v) is 9.97. The number of hydrogen-bond donors (Lipinski definition) is 1. The van der Waals surface area contributed by atoms with Crippen LogP contribution in [0, 0.1) is 6.92 Å². The van der Waals surface area contributed by atoms with Gasteiger partial charge in [-0.25, -0.2) is 0 Å². The monoisotopic (exact) mass is 391 g/mol. The number of allylic oxidation sites excluding steroid dienone is 2. The molecule has 0 spiro atoms. The predicted molar refractivity (Wildman–Crippen MR) is 112 cm³/mol. The van der Waals surface area contributed by atoms with Gasteiger partial charge in [0.05, 0.1) is 17.0 Å². The molecule has 0 aliphatic carbocycles. The number of aromatic nitrogens is 2. The van der Waals surface area contributed by atoms with E-state index in [-0.39, 0.29) is 5.91 Å². The summed E-state index contributed by atoms with van der Waals surface area (Å²) in [6, 6.07) is 13.4. The van der Waals surface area contributed by atoms with Crippen LogP contribution in [-0.4, -0.2) is 15.7 Å². The number of rotatable bonds is 4. The van der Waals surface area contributed by atoms with Gasteiger partial charge >= 0.3 is 0 Å². The maximum atomic E-state index is 12.7. The molecule has 0 fully saturated rings. The molecule has 1 aliphatic heterocycles. The Morgan fingerprint density at radius 1 is 1.18 bits per heavy atom. The molecule has 1 aromatic carbocycles. The molecule has 3 heterocycles. The second-order valence-corrected chi connectivity index (χ2v) is 7.68. The maximum absolute atomic E-state index is 12.7. The van der Waals surface area contributed by atoms with Crippen molar-refractivity contribution in [2.24, 2.45) is 7.05 Å². The van der Waals surface area contributed by atoms with Crippen molar-refractivity contribution < 1.29 is 9.21 Å². The summed E-state index contributed by atoms with van der Waals surface area (Å²) in [5, 5.41) is 8.48. The Hall–Kier alpha value is -2.99. The Bertz CT molecular complexity index is 1060. The summed E-state index contributed by atoms with van der Waals surface area (Å²) >= 11 is 1.56. The lowest BCUT2D eigenvalue weighted by molar-refractivity contribution is 0.0968. The standard InChI is InChI=1S/C22H21N3O2S/c1-15-8-3-4-9-16(15)22(26)23-21-12-6-5-11-20(28-21)18-14-17(24-25(18)2)19-10-7-13-27-19/h3-4,7-14H,5-6H2,1-2H3,(H,23,26). The third-order valence-electron chi connectivity index (χ3n) is 4.58. The van der Waals surface area contributed by atoms with Gasteiger partial charge in [-0.15, -0.1) is 0 Å². The van der Waals surface area contributed by atoms with E-state index in [1.165, 1.54) is 0 Å². The topological polar surface area (TPSA) is 60.1 Å². The number of nitrogens with one attached hydrogen (secondary N) is 1. The number of nitrogens with zero attached hydrogens (tertiary/aromatic N) is 2. The highest BCUT2D eigenvalue weighted by atomic mass is 32.2. The van der Waals surface area contributed by atoms with Crippen LogP contribution in [-0.2, 0) is 7.05 Å². The van der Waals surface area contributed by atoms with Crippen LogP contribution < -0.4 is 5.32 Å². The second-order valence-electron chi connectivity index (χ2n) is 6.60. The minimum absolute atomic E-state index is 0.0839. The summed E-state index contributed by atoms with van der Waals surface area (Å²) in [5.41, 5.74) is 3.45. The summed E-state index contributed by atoms with van der Waals surface area (Å²) in [4.78, 5) is 13.8. The second kappa shape index (κ2) is 7.94. The molecule has 0 atom stereocenters. The lowest BCUT2D eigenvalue weighted by atomic mass is 10.1. The number of aryl methyl sites for hydroxylation is 2. The lowest BCUT2D eigenvalue weighted by Crippen LogP contribution is -2.22. The Balaban J connectivity index is 1.55. The highest BCUT2D eigenvalue weighted by Crippen LogP contribution is 2.37. The van der Waals surface area contributed by atoms with E-state index >= 15 is 0 Å².